The quantitative estimate of drug-likeness (QED) is 0.850. The first-order valence-electron chi connectivity index (χ1n) is 5.19. The van der Waals surface area contributed by atoms with Crippen molar-refractivity contribution in [3.8, 4) is 0 Å². The minimum absolute atomic E-state index is 0.196. The van der Waals surface area contributed by atoms with Crippen LogP contribution >= 0.6 is 23.2 Å². The normalized spacial score (nSPS) is 22.1. The van der Waals surface area contributed by atoms with E-state index < -0.39 is 0 Å². The van der Waals surface area contributed by atoms with E-state index in [-0.39, 0.29) is 11.3 Å². The zero-order chi connectivity index (χ0) is 11.5. The molecule has 0 amide bonds. The molecule has 1 saturated heterocycles. The average Bonchev–Trinajstić information content (AvgIpc) is 2.76. The first kappa shape index (κ1) is 11.9. The van der Waals surface area contributed by atoms with Crippen LogP contribution < -0.4 is 5.32 Å². The summed E-state index contributed by atoms with van der Waals surface area (Å²) in [6, 6.07) is 0.256. The number of halogens is 2. The molecule has 2 unspecified atom stereocenters. The Morgan fingerprint density at radius 1 is 1.56 bits per heavy atom. The van der Waals surface area contributed by atoms with Crippen LogP contribution in [0.3, 0.4) is 0 Å². The molecule has 0 radical (unpaired) electrons. The summed E-state index contributed by atoms with van der Waals surface area (Å²) in [6.45, 7) is 3.70. The van der Waals surface area contributed by atoms with Crippen LogP contribution in [0, 0.1) is 5.92 Å². The van der Waals surface area contributed by atoms with Gasteiger partial charge in [-0.15, -0.1) is 0 Å². The van der Waals surface area contributed by atoms with Crippen molar-refractivity contribution >= 4 is 29.0 Å². The number of hydrogen-bond acceptors (Lipinski definition) is 4. The van der Waals surface area contributed by atoms with E-state index in [0.29, 0.717) is 16.8 Å². The summed E-state index contributed by atoms with van der Waals surface area (Å²) in [5.41, 5.74) is 0. The zero-order valence-electron chi connectivity index (χ0n) is 8.91. The lowest BCUT2D eigenvalue weighted by Crippen LogP contribution is -2.26. The van der Waals surface area contributed by atoms with E-state index in [1.54, 1.807) is 0 Å². The van der Waals surface area contributed by atoms with Crippen molar-refractivity contribution in [2.75, 3.05) is 18.5 Å². The van der Waals surface area contributed by atoms with Gasteiger partial charge < -0.3 is 10.1 Å². The van der Waals surface area contributed by atoms with Crippen molar-refractivity contribution < 1.29 is 4.74 Å². The highest BCUT2D eigenvalue weighted by Crippen LogP contribution is 2.24. The summed E-state index contributed by atoms with van der Waals surface area (Å²) in [7, 11) is 0. The second-order valence-corrected chi connectivity index (χ2v) is 4.64. The van der Waals surface area contributed by atoms with Crippen LogP contribution in [0.15, 0.2) is 6.20 Å². The lowest BCUT2D eigenvalue weighted by molar-refractivity contribution is 0.183. The molecule has 6 heteroatoms. The van der Waals surface area contributed by atoms with E-state index in [9.17, 15) is 0 Å². The topological polar surface area (TPSA) is 47.0 Å². The molecule has 0 spiro atoms. The number of anilines is 1. The lowest BCUT2D eigenvalue weighted by Gasteiger charge is -2.20. The fraction of sp³-hybridized carbons (Fsp3) is 0.600. The minimum atomic E-state index is 0.196. The van der Waals surface area contributed by atoms with E-state index in [1.807, 2.05) is 0 Å². The summed E-state index contributed by atoms with van der Waals surface area (Å²) in [5.74, 6) is 1.07. The van der Waals surface area contributed by atoms with Gasteiger partial charge in [0.2, 0.25) is 5.28 Å². The summed E-state index contributed by atoms with van der Waals surface area (Å²) >= 11 is 11.7. The molecule has 2 atom stereocenters. The van der Waals surface area contributed by atoms with Crippen LogP contribution in [0.25, 0.3) is 0 Å². The Hall–Kier alpha value is -0.580. The van der Waals surface area contributed by atoms with Gasteiger partial charge in [0.05, 0.1) is 12.8 Å². The summed E-state index contributed by atoms with van der Waals surface area (Å²) in [5, 5.41) is 3.92. The maximum atomic E-state index is 5.97. The van der Waals surface area contributed by atoms with Crippen LogP contribution in [0.2, 0.25) is 10.3 Å². The van der Waals surface area contributed by atoms with Crippen molar-refractivity contribution in [2.24, 2.45) is 5.92 Å². The number of nitrogens with one attached hydrogen (secondary N) is 1. The maximum absolute atomic E-state index is 5.97. The highest BCUT2D eigenvalue weighted by atomic mass is 35.5. The Morgan fingerprint density at radius 3 is 3.06 bits per heavy atom. The van der Waals surface area contributed by atoms with E-state index in [1.165, 1.54) is 6.20 Å². The second kappa shape index (κ2) is 5.17. The van der Waals surface area contributed by atoms with Gasteiger partial charge in [-0.1, -0.05) is 11.6 Å². The average molecular weight is 262 g/mol. The summed E-state index contributed by atoms with van der Waals surface area (Å²) in [6.07, 6.45) is 2.56. The lowest BCUT2D eigenvalue weighted by atomic mass is 10.0. The standard InChI is InChI=1S/C10H13Cl2N3O/c1-6(7-2-3-16-5-7)14-9-8(11)4-13-10(12)15-9/h4,6-7H,2-3,5H2,1H3,(H,13,14,15). The van der Waals surface area contributed by atoms with Crippen molar-refractivity contribution in [3.63, 3.8) is 0 Å². The zero-order valence-corrected chi connectivity index (χ0v) is 10.4. The Morgan fingerprint density at radius 2 is 2.38 bits per heavy atom. The van der Waals surface area contributed by atoms with E-state index >= 15 is 0 Å². The molecule has 1 N–H and O–H groups in total. The molecule has 1 aromatic heterocycles. The third-order valence-electron chi connectivity index (χ3n) is 2.75. The van der Waals surface area contributed by atoms with E-state index in [0.717, 1.165) is 19.6 Å². The fourth-order valence-corrected chi connectivity index (χ4v) is 2.01. The van der Waals surface area contributed by atoms with Gasteiger partial charge >= 0.3 is 0 Å². The van der Waals surface area contributed by atoms with Crippen molar-refractivity contribution in [1.29, 1.82) is 0 Å². The molecule has 1 fully saturated rings. The van der Waals surface area contributed by atoms with Gasteiger partial charge in [0.1, 0.15) is 10.8 Å². The minimum Gasteiger partial charge on any atom is -0.381 e. The molecule has 1 aliphatic heterocycles. The number of rotatable bonds is 3. The molecule has 0 bridgehead atoms. The van der Waals surface area contributed by atoms with E-state index in [2.05, 4.69) is 22.2 Å². The molecule has 2 rings (SSSR count). The van der Waals surface area contributed by atoms with Crippen LogP contribution in [0.5, 0.6) is 0 Å². The van der Waals surface area contributed by atoms with Crippen LogP contribution in [0.1, 0.15) is 13.3 Å². The monoisotopic (exact) mass is 261 g/mol. The van der Waals surface area contributed by atoms with Gasteiger partial charge in [-0.05, 0) is 24.9 Å². The largest absolute Gasteiger partial charge is 0.381 e. The Kier molecular flexibility index (Phi) is 3.84. The Balaban J connectivity index is 2.04. The van der Waals surface area contributed by atoms with Gasteiger partial charge in [-0.25, -0.2) is 4.98 Å². The fourth-order valence-electron chi connectivity index (χ4n) is 1.73. The number of nitrogens with zero attached hydrogens (tertiary/aromatic N) is 2. The highest BCUT2D eigenvalue weighted by Gasteiger charge is 2.23. The van der Waals surface area contributed by atoms with Gasteiger partial charge in [-0.2, -0.15) is 4.98 Å². The summed E-state index contributed by atoms with van der Waals surface area (Å²) < 4.78 is 5.34. The number of aromatic nitrogens is 2. The molecule has 1 aromatic rings. The Bertz CT molecular complexity index is 369. The Labute approximate surface area is 104 Å². The molecule has 0 aromatic carbocycles. The second-order valence-electron chi connectivity index (χ2n) is 3.89. The van der Waals surface area contributed by atoms with Crippen molar-refractivity contribution in [2.45, 2.75) is 19.4 Å². The third-order valence-corrected chi connectivity index (χ3v) is 3.21. The molecular formula is C10H13Cl2N3O. The van der Waals surface area contributed by atoms with Crippen LogP contribution in [-0.2, 0) is 4.74 Å². The molecule has 4 nitrogen and oxygen atoms in total. The molecule has 88 valence electrons. The predicted octanol–water partition coefficient (Wildman–Crippen LogP) is 2.62. The van der Waals surface area contributed by atoms with Gasteiger partial charge in [-0.3, -0.25) is 0 Å². The summed E-state index contributed by atoms with van der Waals surface area (Å²) in [4.78, 5) is 7.86. The first-order chi connectivity index (χ1) is 7.66. The molecule has 2 heterocycles. The van der Waals surface area contributed by atoms with Gasteiger partial charge in [0, 0.05) is 18.6 Å². The van der Waals surface area contributed by atoms with Gasteiger partial charge in [0.15, 0.2) is 0 Å². The van der Waals surface area contributed by atoms with Gasteiger partial charge in [0.25, 0.3) is 0 Å². The molecule has 16 heavy (non-hydrogen) atoms. The molecular weight excluding hydrogens is 249 g/mol. The van der Waals surface area contributed by atoms with Crippen molar-refractivity contribution in [3.05, 3.63) is 16.5 Å². The van der Waals surface area contributed by atoms with Crippen LogP contribution in [0.4, 0.5) is 5.82 Å². The van der Waals surface area contributed by atoms with E-state index in [4.69, 9.17) is 27.9 Å². The smallest absolute Gasteiger partial charge is 0.224 e. The van der Waals surface area contributed by atoms with Crippen LogP contribution in [-0.4, -0.2) is 29.2 Å². The maximum Gasteiger partial charge on any atom is 0.224 e. The molecule has 0 aliphatic carbocycles. The number of ether oxygens (including phenoxy) is 1. The predicted molar refractivity (Wildman–Crippen MR) is 64.1 cm³/mol. The van der Waals surface area contributed by atoms with Crippen molar-refractivity contribution in [1.82, 2.24) is 9.97 Å². The SMILES string of the molecule is CC(Nc1nc(Cl)ncc1Cl)C1CCOC1. The highest BCUT2D eigenvalue weighted by molar-refractivity contribution is 6.33. The molecule has 1 aliphatic rings. The first-order valence-corrected chi connectivity index (χ1v) is 5.94. The number of hydrogen-bond donors (Lipinski definition) is 1. The third kappa shape index (κ3) is 2.75. The molecule has 0 saturated carbocycles.